The molecule has 0 aliphatic rings. The van der Waals surface area contributed by atoms with Crippen LogP contribution in [0, 0.1) is 5.82 Å². The van der Waals surface area contributed by atoms with Gasteiger partial charge < -0.3 is 4.57 Å². The summed E-state index contributed by atoms with van der Waals surface area (Å²) in [5.41, 5.74) is 2.33. The summed E-state index contributed by atoms with van der Waals surface area (Å²) in [6.07, 6.45) is 8.56. The van der Waals surface area contributed by atoms with Crippen molar-refractivity contribution in [3.05, 3.63) is 65.7 Å². The van der Waals surface area contributed by atoms with Gasteiger partial charge in [0.1, 0.15) is 11.6 Å². The van der Waals surface area contributed by atoms with E-state index in [1.54, 1.807) is 24.9 Å². The Morgan fingerprint density at radius 1 is 1.12 bits per heavy atom. The van der Waals surface area contributed by atoms with E-state index in [4.69, 9.17) is 11.6 Å². The van der Waals surface area contributed by atoms with Gasteiger partial charge in [-0.3, -0.25) is 9.55 Å². The minimum atomic E-state index is -0.806. The first-order chi connectivity index (χ1) is 12.2. The van der Waals surface area contributed by atoms with Gasteiger partial charge in [0.2, 0.25) is 0 Å². The lowest BCUT2D eigenvalue weighted by molar-refractivity contribution is 0.387. The summed E-state index contributed by atoms with van der Waals surface area (Å²) >= 11 is 5.82. The van der Waals surface area contributed by atoms with E-state index >= 15 is 0 Å². The van der Waals surface area contributed by atoms with E-state index in [-0.39, 0.29) is 5.02 Å². The van der Waals surface area contributed by atoms with E-state index in [9.17, 15) is 8.78 Å². The Kier molecular flexibility index (Phi) is 3.93. The third-order valence-electron chi connectivity index (χ3n) is 3.89. The second kappa shape index (κ2) is 6.25. The lowest BCUT2D eigenvalue weighted by atomic mass is 10.2. The molecule has 0 amide bonds. The average Bonchev–Trinajstić information content (AvgIpc) is 3.23. The number of rotatable bonds is 4. The molecule has 25 heavy (non-hydrogen) atoms. The fourth-order valence-electron chi connectivity index (χ4n) is 2.75. The fraction of sp³-hybridized carbons (Fsp3) is 0.118. The van der Waals surface area contributed by atoms with Crippen molar-refractivity contribution >= 4 is 22.6 Å². The molecule has 8 heteroatoms. The van der Waals surface area contributed by atoms with Gasteiger partial charge in [-0.15, -0.1) is 0 Å². The Balaban J connectivity index is 1.81. The standard InChI is InChI=1S/C17H12ClF2N5/c18-13-4-16-15(5-14(13)20)23-17(25(16)9-19)12-3-11(6-22-7-12)8-24-2-1-21-10-24/h1-7,10H,8-9H2. The summed E-state index contributed by atoms with van der Waals surface area (Å²) in [5.74, 6) is -0.213. The third-order valence-corrected chi connectivity index (χ3v) is 4.18. The molecule has 126 valence electrons. The molecule has 0 unspecified atom stereocenters. The minimum Gasteiger partial charge on any atom is -0.333 e. The quantitative estimate of drug-likeness (QED) is 0.552. The molecule has 1 aromatic carbocycles. The molecule has 4 aromatic rings. The molecule has 4 rings (SSSR count). The number of hydrogen-bond acceptors (Lipinski definition) is 3. The highest BCUT2D eigenvalue weighted by atomic mass is 35.5. The van der Waals surface area contributed by atoms with Crippen molar-refractivity contribution in [1.29, 1.82) is 0 Å². The molecule has 0 aliphatic carbocycles. The first-order valence-electron chi connectivity index (χ1n) is 7.47. The number of fused-ring (bicyclic) bond motifs is 1. The Bertz CT molecular complexity index is 1040. The van der Waals surface area contributed by atoms with E-state index in [2.05, 4.69) is 15.0 Å². The van der Waals surface area contributed by atoms with Crippen molar-refractivity contribution in [2.45, 2.75) is 13.3 Å². The van der Waals surface area contributed by atoms with Crippen LogP contribution in [0.4, 0.5) is 8.78 Å². The van der Waals surface area contributed by atoms with Gasteiger partial charge in [0, 0.05) is 36.4 Å². The van der Waals surface area contributed by atoms with Crippen LogP contribution in [0.25, 0.3) is 22.4 Å². The van der Waals surface area contributed by atoms with E-state index in [0.29, 0.717) is 29.0 Å². The van der Waals surface area contributed by atoms with Gasteiger partial charge in [-0.05, 0) is 17.7 Å². The molecule has 0 saturated carbocycles. The maximum absolute atomic E-state index is 13.7. The molecule has 5 nitrogen and oxygen atoms in total. The predicted octanol–water partition coefficient (Wildman–Crippen LogP) is 4.06. The second-order valence-electron chi connectivity index (χ2n) is 5.55. The summed E-state index contributed by atoms with van der Waals surface area (Å²) in [6.45, 7) is -0.226. The predicted molar refractivity (Wildman–Crippen MR) is 90.4 cm³/mol. The van der Waals surface area contributed by atoms with E-state index < -0.39 is 12.6 Å². The van der Waals surface area contributed by atoms with Crippen LogP contribution >= 0.6 is 11.6 Å². The van der Waals surface area contributed by atoms with Crippen molar-refractivity contribution in [1.82, 2.24) is 24.1 Å². The molecule has 0 atom stereocenters. The summed E-state index contributed by atoms with van der Waals surface area (Å²) in [7, 11) is 0. The lowest BCUT2D eigenvalue weighted by Gasteiger charge is -2.07. The van der Waals surface area contributed by atoms with Crippen LogP contribution in [-0.2, 0) is 13.3 Å². The van der Waals surface area contributed by atoms with Crippen molar-refractivity contribution < 1.29 is 8.78 Å². The molecule has 0 aliphatic heterocycles. The van der Waals surface area contributed by atoms with Crippen LogP contribution in [0.2, 0.25) is 5.02 Å². The SMILES string of the molecule is FCn1c(-c2cncc(Cn3ccnc3)c2)nc2cc(F)c(Cl)cc21. The largest absolute Gasteiger partial charge is 0.333 e. The van der Waals surface area contributed by atoms with Gasteiger partial charge in [-0.1, -0.05) is 11.6 Å². The molecule has 0 radical (unpaired) electrons. The number of pyridine rings is 1. The zero-order valence-corrected chi connectivity index (χ0v) is 13.7. The van der Waals surface area contributed by atoms with Crippen molar-refractivity contribution in [2.75, 3.05) is 0 Å². The van der Waals surface area contributed by atoms with Crippen LogP contribution in [0.5, 0.6) is 0 Å². The van der Waals surface area contributed by atoms with Crippen molar-refractivity contribution in [3.63, 3.8) is 0 Å². The normalized spacial score (nSPS) is 11.3. The Morgan fingerprint density at radius 3 is 2.76 bits per heavy atom. The van der Waals surface area contributed by atoms with Crippen LogP contribution in [0.1, 0.15) is 5.56 Å². The Morgan fingerprint density at radius 2 is 2.00 bits per heavy atom. The molecule has 0 spiro atoms. The summed E-state index contributed by atoms with van der Waals surface area (Å²) in [6, 6.07) is 4.46. The molecular formula is C17H12ClF2N5. The number of benzene rings is 1. The van der Waals surface area contributed by atoms with E-state index in [1.165, 1.54) is 16.7 Å². The van der Waals surface area contributed by atoms with E-state index in [0.717, 1.165) is 5.56 Å². The molecule has 3 heterocycles. The van der Waals surface area contributed by atoms with Crippen LogP contribution < -0.4 is 0 Å². The monoisotopic (exact) mass is 359 g/mol. The molecule has 0 bridgehead atoms. The summed E-state index contributed by atoms with van der Waals surface area (Å²) in [4.78, 5) is 12.6. The fourth-order valence-corrected chi connectivity index (χ4v) is 2.91. The summed E-state index contributed by atoms with van der Waals surface area (Å²) < 4.78 is 30.5. The van der Waals surface area contributed by atoms with Crippen molar-refractivity contribution in [3.8, 4) is 11.4 Å². The maximum atomic E-state index is 13.7. The number of nitrogens with zero attached hydrogens (tertiary/aromatic N) is 5. The van der Waals surface area contributed by atoms with Gasteiger partial charge >= 0.3 is 0 Å². The number of aromatic nitrogens is 5. The van der Waals surface area contributed by atoms with Gasteiger partial charge in [-0.2, -0.15) is 0 Å². The first-order valence-corrected chi connectivity index (χ1v) is 7.85. The van der Waals surface area contributed by atoms with Crippen molar-refractivity contribution in [2.24, 2.45) is 0 Å². The number of hydrogen-bond donors (Lipinski definition) is 0. The van der Waals surface area contributed by atoms with Crippen LogP contribution in [0.3, 0.4) is 0 Å². The number of alkyl halides is 1. The third kappa shape index (κ3) is 2.87. The Hall–Kier alpha value is -2.80. The first kappa shape index (κ1) is 15.7. The highest BCUT2D eigenvalue weighted by Crippen LogP contribution is 2.28. The zero-order chi connectivity index (χ0) is 17.4. The maximum Gasteiger partial charge on any atom is 0.167 e. The second-order valence-corrected chi connectivity index (χ2v) is 5.96. The molecule has 0 fully saturated rings. The van der Waals surface area contributed by atoms with Gasteiger partial charge in [-0.25, -0.2) is 18.7 Å². The number of imidazole rings is 2. The molecular weight excluding hydrogens is 348 g/mol. The lowest BCUT2D eigenvalue weighted by Crippen LogP contribution is -2.00. The molecule has 0 N–H and O–H groups in total. The van der Waals surface area contributed by atoms with Gasteiger partial charge in [0.25, 0.3) is 0 Å². The topological polar surface area (TPSA) is 48.5 Å². The van der Waals surface area contributed by atoms with Crippen LogP contribution in [0.15, 0.2) is 49.3 Å². The minimum absolute atomic E-state index is 0.0689. The molecule has 0 saturated heterocycles. The average molecular weight is 360 g/mol. The summed E-state index contributed by atoms with van der Waals surface area (Å²) in [5, 5.41) is -0.0689. The highest BCUT2D eigenvalue weighted by Gasteiger charge is 2.15. The molecule has 3 aromatic heterocycles. The van der Waals surface area contributed by atoms with Gasteiger partial charge in [0.05, 0.1) is 28.9 Å². The van der Waals surface area contributed by atoms with Gasteiger partial charge in [0.15, 0.2) is 6.80 Å². The van der Waals surface area contributed by atoms with E-state index in [1.807, 2.05) is 16.8 Å². The van der Waals surface area contributed by atoms with Crippen LogP contribution in [-0.4, -0.2) is 24.1 Å². The zero-order valence-electron chi connectivity index (χ0n) is 12.9. The Labute approximate surface area is 146 Å². The smallest absolute Gasteiger partial charge is 0.167 e. The number of halogens is 3. The highest BCUT2D eigenvalue weighted by molar-refractivity contribution is 6.31.